The number of aromatic amines is 1. The van der Waals surface area contributed by atoms with Crippen molar-refractivity contribution in [2.75, 3.05) is 12.4 Å². The first kappa shape index (κ1) is 8.62. The summed E-state index contributed by atoms with van der Waals surface area (Å²) in [6.07, 6.45) is 3.50. The van der Waals surface area contributed by atoms with Crippen LogP contribution in [0.4, 0.5) is 11.4 Å². The molecule has 0 fully saturated rings. The van der Waals surface area contributed by atoms with E-state index in [1.54, 1.807) is 19.5 Å². The Bertz CT molecular complexity index is 398. The van der Waals surface area contributed by atoms with E-state index in [2.05, 4.69) is 15.5 Å². The van der Waals surface area contributed by atoms with Gasteiger partial charge in [0.25, 0.3) is 0 Å². The highest BCUT2D eigenvalue weighted by atomic mass is 16.5. The average molecular weight is 189 g/mol. The molecule has 0 amide bonds. The van der Waals surface area contributed by atoms with Gasteiger partial charge in [0.05, 0.1) is 24.7 Å². The topological polar surface area (TPSA) is 49.9 Å². The molecule has 2 rings (SSSR count). The van der Waals surface area contributed by atoms with E-state index in [0.29, 0.717) is 0 Å². The van der Waals surface area contributed by atoms with Crippen molar-refractivity contribution in [2.24, 2.45) is 0 Å². The number of nitrogens with zero attached hydrogens (tertiary/aromatic N) is 1. The van der Waals surface area contributed by atoms with Crippen LogP contribution in [0, 0.1) is 0 Å². The number of aromatic nitrogens is 2. The summed E-state index contributed by atoms with van der Waals surface area (Å²) in [5, 5.41) is 9.76. The standard InChI is InChI=1S/C10H11N3O/c1-14-10-5-3-2-4-9(10)13-8-6-11-12-7-8/h2-7,13H,1H3,(H,11,12). The monoisotopic (exact) mass is 189 g/mol. The maximum atomic E-state index is 5.20. The number of ether oxygens (including phenoxy) is 1. The number of nitrogens with one attached hydrogen (secondary N) is 2. The molecule has 0 bridgehead atoms. The van der Waals surface area contributed by atoms with E-state index >= 15 is 0 Å². The van der Waals surface area contributed by atoms with Gasteiger partial charge in [-0.15, -0.1) is 0 Å². The van der Waals surface area contributed by atoms with E-state index in [1.807, 2.05) is 24.3 Å². The molecule has 0 unspecified atom stereocenters. The Labute approximate surface area is 81.9 Å². The Kier molecular flexibility index (Phi) is 2.36. The van der Waals surface area contributed by atoms with Crippen LogP contribution in [0.1, 0.15) is 0 Å². The van der Waals surface area contributed by atoms with Gasteiger partial charge < -0.3 is 10.1 Å². The molecule has 4 nitrogen and oxygen atoms in total. The molecule has 0 aliphatic carbocycles. The van der Waals surface area contributed by atoms with Gasteiger partial charge in [-0.05, 0) is 12.1 Å². The summed E-state index contributed by atoms with van der Waals surface area (Å²) in [5.41, 5.74) is 1.84. The molecule has 0 atom stereocenters. The van der Waals surface area contributed by atoms with E-state index in [-0.39, 0.29) is 0 Å². The molecule has 1 aromatic carbocycles. The average Bonchev–Trinajstić information content (AvgIpc) is 2.71. The summed E-state index contributed by atoms with van der Waals surface area (Å²) in [6, 6.07) is 7.73. The Morgan fingerprint density at radius 3 is 2.93 bits per heavy atom. The molecule has 0 saturated carbocycles. The lowest BCUT2D eigenvalue weighted by atomic mass is 10.3. The summed E-state index contributed by atoms with van der Waals surface area (Å²) in [7, 11) is 1.65. The first-order chi connectivity index (χ1) is 6.90. The highest BCUT2D eigenvalue weighted by molar-refractivity contribution is 5.64. The third-order valence-corrected chi connectivity index (χ3v) is 1.88. The van der Waals surface area contributed by atoms with Gasteiger partial charge in [-0.3, -0.25) is 5.10 Å². The van der Waals surface area contributed by atoms with Crippen molar-refractivity contribution in [1.29, 1.82) is 0 Å². The first-order valence-electron chi connectivity index (χ1n) is 4.29. The molecule has 0 aliphatic rings. The number of anilines is 2. The minimum Gasteiger partial charge on any atom is -0.495 e. The fourth-order valence-corrected chi connectivity index (χ4v) is 1.22. The second kappa shape index (κ2) is 3.83. The molecular formula is C10H11N3O. The van der Waals surface area contributed by atoms with Crippen molar-refractivity contribution in [3.63, 3.8) is 0 Å². The van der Waals surface area contributed by atoms with Gasteiger partial charge in [-0.25, -0.2) is 0 Å². The second-order valence-electron chi connectivity index (χ2n) is 2.81. The number of methoxy groups -OCH3 is 1. The molecule has 0 saturated heterocycles. The van der Waals surface area contributed by atoms with Crippen molar-refractivity contribution in [3.05, 3.63) is 36.7 Å². The van der Waals surface area contributed by atoms with Crippen LogP contribution in [0.15, 0.2) is 36.7 Å². The zero-order valence-corrected chi connectivity index (χ0v) is 7.82. The highest BCUT2D eigenvalue weighted by Crippen LogP contribution is 2.26. The second-order valence-corrected chi connectivity index (χ2v) is 2.81. The number of benzene rings is 1. The molecule has 4 heteroatoms. The Hall–Kier alpha value is -1.97. The fraction of sp³-hybridized carbons (Fsp3) is 0.100. The van der Waals surface area contributed by atoms with Crippen molar-refractivity contribution >= 4 is 11.4 Å². The SMILES string of the molecule is COc1ccccc1Nc1cn[nH]c1. The minimum absolute atomic E-state index is 0.814. The van der Waals surface area contributed by atoms with E-state index in [4.69, 9.17) is 4.74 Å². The van der Waals surface area contributed by atoms with Gasteiger partial charge in [0.2, 0.25) is 0 Å². The normalized spacial score (nSPS) is 9.79. The number of hydrogen-bond acceptors (Lipinski definition) is 3. The van der Waals surface area contributed by atoms with Gasteiger partial charge in [0, 0.05) is 6.20 Å². The molecule has 1 heterocycles. The lowest BCUT2D eigenvalue weighted by Gasteiger charge is -2.08. The van der Waals surface area contributed by atoms with Crippen LogP contribution >= 0.6 is 0 Å². The van der Waals surface area contributed by atoms with Crippen molar-refractivity contribution in [2.45, 2.75) is 0 Å². The molecule has 14 heavy (non-hydrogen) atoms. The van der Waals surface area contributed by atoms with E-state index in [1.165, 1.54) is 0 Å². The minimum atomic E-state index is 0.814. The number of hydrogen-bond donors (Lipinski definition) is 2. The number of H-pyrrole nitrogens is 1. The lowest BCUT2D eigenvalue weighted by Crippen LogP contribution is -1.92. The third kappa shape index (κ3) is 1.69. The molecule has 2 aromatic rings. The summed E-state index contributed by atoms with van der Waals surface area (Å²) < 4.78 is 5.20. The van der Waals surface area contributed by atoms with Crippen LogP contribution in [-0.4, -0.2) is 17.3 Å². The van der Waals surface area contributed by atoms with E-state index in [0.717, 1.165) is 17.1 Å². The fourth-order valence-electron chi connectivity index (χ4n) is 1.22. The van der Waals surface area contributed by atoms with Gasteiger partial charge in [0.1, 0.15) is 5.75 Å². The van der Waals surface area contributed by atoms with Crippen LogP contribution in [0.3, 0.4) is 0 Å². The quantitative estimate of drug-likeness (QED) is 0.777. The van der Waals surface area contributed by atoms with Crippen LogP contribution in [-0.2, 0) is 0 Å². The van der Waals surface area contributed by atoms with Crippen molar-refractivity contribution in [1.82, 2.24) is 10.2 Å². The molecule has 0 aliphatic heterocycles. The zero-order valence-electron chi connectivity index (χ0n) is 7.82. The lowest BCUT2D eigenvalue weighted by molar-refractivity contribution is 0.417. The predicted molar refractivity (Wildman–Crippen MR) is 54.9 cm³/mol. The van der Waals surface area contributed by atoms with Gasteiger partial charge in [-0.2, -0.15) is 5.10 Å². The first-order valence-corrected chi connectivity index (χ1v) is 4.29. The van der Waals surface area contributed by atoms with Gasteiger partial charge in [0.15, 0.2) is 0 Å². The maximum Gasteiger partial charge on any atom is 0.142 e. The predicted octanol–water partition coefficient (Wildman–Crippen LogP) is 2.16. The summed E-state index contributed by atoms with van der Waals surface area (Å²) >= 11 is 0. The molecular weight excluding hydrogens is 178 g/mol. The summed E-state index contributed by atoms with van der Waals surface area (Å²) in [4.78, 5) is 0. The number of rotatable bonds is 3. The van der Waals surface area contributed by atoms with E-state index in [9.17, 15) is 0 Å². The highest BCUT2D eigenvalue weighted by Gasteiger charge is 2.01. The summed E-state index contributed by atoms with van der Waals surface area (Å²) in [6.45, 7) is 0. The van der Waals surface area contributed by atoms with Crippen LogP contribution < -0.4 is 10.1 Å². The Morgan fingerprint density at radius 1 is 1.36 bits per heavy atom. The van der Waals surface area contributed by atoms with Gasteiger partial charge >= 0.3 is 0 Å². The Balaban J connectivity index is 2.24. The van der Waals surface area contributed by atoms with Crippen molar-refractivity contribution < 1.29 is 4.74 Å². The molecule has 1 aromatic heterocycles. The number of para-hydroxylation sites is 2. The largest absolute Gasteiger partial charge is 0.495 e. The summed E-state index contributed by atoms with van der Waals surface area (Å²) in [5.74, 6) is 0.814. The molecule has 0 radical (unpaired) electrons. The maximum absolute atomic E-state index is 5.20. The van der Waals surface area contributed by atoms with Crippen LogP contribution in [0.5, 0.6) is 5.75 Å². The van der Waals surface area contributed by atoms with Crippen LogP contribution in [0.25, 0.3) is 0 Å². The van der Waals surface area contributed by atoms with Crippen LogP contribution in [0.2, 0.25) is 0 Å². The third-order valence-electron chi connectivity index (χ3n) is 1.88. The smallest absolute Gasteiger partial charge is 0.142 e. The Morgan fingerprint density at radius 2 is 2.21 bits per heavy atom. The van der Waals surface area contributed by atoms with Gasteiger partial charge in [-0.1, -0.05) is 12.1 Å². The molecule has 2 N–H and O–H groups in total. The van der Waals surface area contributed by atoms with E-state index < -0.39 is 0 Å². The molecule has 0 spiro atoms. The van der Waals surface area contributed by atoms with Crippen molar-refractivity contribution in [3.8, 4) is 5.75 Å². The molecule has 72 valence electrons. The zero-order chi connectivity index (χ0) is 9.80.